The van der Waals surface area contributed by atoms with Crippen LogP contribution in [0.3, 0.4) is 0 Å². The molecule has 20 heavy (non-hydrogen) atoms. The van der Waals surface area contributed by atoms with Crippen LogP contribution in [-0.2, 0) is 4.79 Å². The van der Waals surface area contributed by atoms with Crippen molar-refractivity contribution in [2.45, 2.75) is 25.8 Å². The van der Waals surface area contributed by atoms with Gasteiger partial charge in [-0.25, -0.2) is 0 Å². The van der Waals surface area contributed by atoms with E-state index in [1.54, 1.807) is 0 Å². The molecule has 1 heterocycles. The fourth-order valence-corrected chi connectivity index (χ4v) is 3.18. The van der Waals surface area contributed by atoms with Crippen LogP contribution in [0, 0.1) is 9.49 Å². The number of nitrogens with one attached hydrogen (secondary N) is 1. The zero-order valence-corrected chi connectivity index (χ0v) is 14.0. The lowest BCUT2D eigenvalue weighted by Gasteiger charge is -2.34. The maximum atomic E-state index is 12.1. The summed E-state index contributed by atoms with van der Waals surface area (Å²) in [5, 5.41) is 2.96. The maximum absolute atomic E-state index is 12.1. The normalized spacial score (nSPS) is 21.4. The van der Waals surface area contributed by atoms with Crippen molar-refractivity contribution in [1.29, 1.82) is 0 Å². The van der Waals surface area contributed by atoms with Gasteiger partial charge in [0.25, 0.3) is 0 Å². The Kier molecular flexibility index (Phi) is 5.80. The van der Waals surface area contributed by atoms with Crippen molar-refractivity contribution in [3.8, 4) is 0 Å². The Labute approximate surface area is 134 Å². The van der Waals surface area contributed by atoms with E-state index in [2.05, 4.69) is 39.7 Å². The molecule has 4 nitrogen and oxygen atoms in total. The Morgan fingerprint density at radius 3 is 3.10 bits per heavy atom. The summed E-state index contributed by atoms with van der Waals surface area (Å²) >= 11 is 2.24. The second-order valence-corrected chi connectivity index (χ2v) is 6.80. The summed E-state index contributed by atoms with van der Waals surface area (Å²) in [4.78, 5) is 14.3. The summed E-state index contributed by atoms with van der Waals surface area (Å²) in [6.07, 6.45) is 2.30. The molecule has 0 spiro atoms. The topological polar surface area (TPSA) is 58.4 Å². The molecule has 3 N–H and O–H groups in total. The number of hydrogen-bond acceptors (Lipinski definition) is 3. The molecule has 1 aliphatic heterocycles. The van der Waals surface area contributed by atoms with Crippen molar-refractivity contribution in [3.63, 3.8) is 0 Å². The number of amides is 1. The third-order valence-corrected chi connectivity index (χ3v) is 4.43. The lowest BCUT2D eigenvalue weighted by Crippen LogP contribution is -2.45. The van der Waals surface area contributed by atoms with E-state index in [9.17, 15) is 4.79 Å². The molecule has 0 radical (unpaired) electrons. The number of benzene rings is 1. The zero-order chi connectivity index (χ0) is 14.5. The van der Waals surface area contributed by atoms with Gasteiger partial charge >= 0.3 is 0 Å². The standard InChI is InChI=1S/C15H22IN3O/c1-11(17)12-4-3-7-19(9-12)10-15(20)18-14-6-2-5-13(16)8-14/h2,5-6,8,11-12H,3-4,7,9-10,17H2,1H3,(H,18,20). The first-order valence-electron chi connectivity index (χ1n) is 7.08. The molecule has 2 atom stereocenters. The van der Waals surface area contributed by atoms with E-state index >= 15 is 0 Å². The number of halogens is 1. The van der Waals surface area contributed by atoms with Crippen LogP contribution in [0.2, 0.25) is 0 Å². The van der Waals surface area contributed by atoms with Crippen LogP contribution in [0.5, 0.6) is 0 Å². The lowest BCUT2D eigenvalue weighted by molar-refractivity contribution is -0.117. The van der Waals surface area contributed by atoms with Gasteiger partial charge < -0.3 is 11.1 Å². The first kappa shape index (κ1) is 15.7. The van der Waals surface area contributed by atoms with Crippen LogP contribution in [0.4, 0.5) is 5.69 Å². The molecule has 2 rings (SSSR count). The maximum Gasteiger partial charge on any atom is 0.238 e. The van der Waals surface area contributed by atoms with E-state index in [4.69, 9.17) is 5.73 Å². The number of nitrogens with two attached hydrogens (primary N) is 1. The lowest BCUT2D eigenvalue weighted by atomic mass is 9.92. The first-order chi connectivity index (χ1) is 9.54. The van der Waals surface area contributed by atoms with E-state index in [1.807, 2.05) is 24.3 Å². The molecule has 0 saturated carbocycles. The monoisotopic (exact) mass is 387 g/mol. The number of carbonyl (C=O) groups is 1. The third-order valence-electron chi connectivity index (χ3n) is 3.76. The molecule has 110 valence electrons. The molecular formula is C15H22IN3O. The number of rotatable bonds is 4. The van der Waals surface area contributed by atoms with Gasteiger partial charge in [0.2, 0.25) is 5.91 Å². The molecule has 0 aromatic heterocycles. The summed E-state index contributed by atoms with van der Waals surface area (Å²) in [6, 6.07) is 8.05. The van der Waals surface area contributed by atoms with Crippen molar-refractivity contribution in [3.05, 3.63) is 27.8 Å². The largest absolute Gasteiger partial charge is 0.328 e. The Morgan fingerprint density at radius 1 is 1.60 bits per heavy atom. The molecule has 0 bridgehead atoms. The fraction of sp³-hybridized carbons (Fsp3) is 0.533. The number of hydrogen-bond donors (Lipinski definition) is 2. The molecule has 1 aromatic rings. The summed E-state index contributed by atoms with van der Waals surface area (Å²) < 4.78 is 1.12. The smallest absolute Gasteiger partial charge is 0.238 e. The number of nitrogens with zero attached hydrogens (tertiary/aromatic N) is 1. The second kappa shape index (κ2) is 7.38. The van der Waals surface area contributed by atoms with E-state index < -0.39 is 0 Å². The van der Waals surface area contributed by atoms with Gasteiger partial charge in [0, 0.05) is 21.8 Å². The molecule has 1 fully saturated rings. The minimum absolute atomic E-state index is 0.0531. The summed E-state index contributed by atoms with van der Waals surface area (Å²) in [5.74, 6) is 0.562. The van der Waals surface area contributed by atoms with Crippen LogP contribution < -0.4 is 11.1 Å². The van der Waals surface area contributed by atoms with Crippen LogP contribution >= 0.6 is 22.6 Å². The van der Waals surface area contributed by atoms with Crippen LogP contribution in [0.1, 0.15) is 19.8 Å². The highest BCUT2D eigenvalue weighted by molar-refractivity contribution is 14.1. The van der Waals surface area contributed by atoms with Gasteiger partial charge in [0.1, 0.15) is 0 Å². The van der Waals surface area contributed by atoms with Gasteiger partial charge in [-0.1, -0.05) is 6.07 Å². The summed E-state index contributed by atoms with van der Waals surface area (Å²) in [6.45, 7) is 4.43. The minimum atomic E-state index is 0.0531. The van der Waals surface area contributed by atoms with Crippen molar-refractivity contribution < 1.29 is 4.79 Å². The van der Waals surface area contributed by atoms with Crippen LogP contribution in [-0.4, -0.2) is 36.5 Å². The fourth-order valence-electron chi connectivity index (χ4n) is 2.63. The van der Waals surface area contributed by atoms with E-state index in [0.29, 0.717) is 12.5 Å². The molecule has 1 amide bonds. The van der Waals surface area contributed by atoms with Crippen molar-refractivity contribution in [1.82, 2.24) is 4.90 Å². The number of likely N-dealkylation sites (tertiary alicyclic amines) is 1. The molecule has 1 aliphatic rings. The van der Waals surface area contributed by atoms with E-state index in [1.165, 1.54) is 6.42 Å². The number of carbonyl (C=O) groups excluding carboxylic acids is 1. The van der Waals surface area contributed by atoms with Crippen LogP contribution in [0.25, 0.3) is 0 Å². The Morgan fingerprint density at radius 2 is 2.40 bits per heavy atom. The molecule has 1 saturated heterocycles. The van der Waals surface area contributed by atoms with E-state index in [-0.39, 0.29) is 11.9 Å². The Balaban J connectivity index is 1.85. The molecular weight excluding hydrogens is 365 g/mol. The summed E-state index contributed by atoms with van der Waals surface area (Å²) in [7, 11) is 0. The Bertz CT molecular complexity index is 464. The van der Waals surface area contributed by atoms with E-state index in [0.717, 1.165) is 28.8 Å². The van der Waals surface area contributed by atoms with Gasteiger partial charge in [0.15, 0.2) is 0 Å². The number of piperidine rings is 1. The van der Waals surface area contributed by atoms with Gasteiger partial charge in [-0.3, -0.25) is 9.69 Å². The highest BCUT2D eigenvalue weighted by atomic mass is 127. The average Bonchev–Trinajstić information content (AvgIpc) is 2.38. The van der Waals surface area contributed by atoms with Crippen molar-refractivity contribution in [2.75, 3.05) is 25.0 Å². The third kappa shape index (κ3) is 4.71. The predicted molar refractivity (Wildman–Crippen MR) is 90.6 cm³/mol. The highest BCUT2D eigenvalue weighted by Gasteiger charge is 2.23. The predicted octanol–water partition coefficient (Wildman–Crippen LogP) is 2.29. The number of anilines is 1. The highest BCUT2D eigenvalue weighted by Crippen LogP contribution is 2.18. The average molecular weight is 387 g/mol. The quantitative estimate of drug-likeness (QED) is 0.780. The zero-order valence-electron chi connectivity index (χ0n) is 11.8. The Hall–Kier alpha value is -0.660. The minimum Gasteiger partial charge on any atom is -0.328 e. The molecule has 5 heteroatoms. The first-order valence-corrected chi connectivity index (χ1v) is 8.16. The van der Waals surface area contributed by atoms with Crippen LogP contribution in [0.15, 0.2) is 24.3 Å². The van der Waals surface area contributed by atoms with Gasteiger partial charge in [-0.2, -0.15) is 0 Å². The van der Waals surface area contributed by atoms with Gasteiger partial charge in [-0.15, -0.1) is 0 Å². The molecule has 1 aromatic carbocycles. The molecule has 0 aliphatic carbocycles. The van der Waals surface area contributed by atoms with Crippen molar-refractivity contribution in [2.24, 2.45) is 11.7 Å². The second-order valence-electron chi connectivity index (χ2n) is 5.56. The summed E-state index contributed by atoms with van der Waals surface area (Å²) in [5.41, 5.74) is 6.84. The van der Waals surface area contributed by atoms with Crippen molar-refractivity contribution >= 4 is 34.2 Å². The SMILES string of the molecule is CC(N)C1CCCN(CC(=O)Nc2cccc(I)c2)C1. The van der Waals surface area contributed by atoms with Gasteiger partial charge in [-0.05, 0) is 73.0 Å². The molecule has 2 unspecified atom stereocenters. The van der Waals surface area contributed by atoms with Gasteiger partial charge in [0.05, 0.1) is 6.54 Å².